The molecule has 98 valence electrons. The van der Waals surface area contributed by atoms with E-state index in [1.54, 1.807) is 18.2 Å². The largest absolute Gasteiger partial charge is 0.454 e. The Bertz CT molecular complexity index is 443. The third-order valence-electron chi connectivity index (χ3n) is 3.18. The van der Waals surface area contributed by atoms with Crippen molar-refractivity contribution in [3.63, 3.8) is 0 Å². The summed E-state index contributed by atoms with van der Waals surface area (Å²) in [5.74, 6) is 1.49. The molecule has 0 saturated heterocycles. The number of likely N-dealkylation sites (N-methyl/N-ethyl adjacent to an activating group) is 1. The quantitative estimate of drug-likeness (QED) is 0.751. The van der Waals surface area contributed by atoms with Crippen LogP contribution in [0, 0.1) is 0 Å². The second-order valence-electron chi connectivity index (χ2n) is 4.65. The van der Waals surface area contributed by atoms with Gasteiger partial charge in [0, 0.05) is 11.6 Å². The maximum atomic E-state index is 12.2. The molecule has 2 rings (SSSR count). The van der Waals surface area contributed by atoms with Crippen molar-refractivity contribution in [2.45, 2.75) is 26.8 Å². The van der Waals surface area contributed by atoms with E-state index in [1.807, 2.05) is 0 Å². The van der Waals surface area contributed by atoms with Gasteiger partial charge in [-0.05, 0) is 38.6 Å². The van der Waals surface area contributed by atoms with Crippen LogP contribution in [0.5, 0.6) is 11.5 Å². The standard InChI is InChI=1S/C14H19NO3/c1-4-15(10(2)3)8-12(16)11-5-6-13-14(7-11)18-9-17-13/h5-7,10H,4,8-9H2,1-3H3. The number of Topliss-reactive ketones (excluding diaryl/α,β-unsaturated/α-hetero) is 1. The van der Waals surface area contributed by atoms with E-state index < -0.39 is 0 Å². The monoisotopic (exact) mass is 249 g/mol. The lowest BCUT2D eigenvalue weighted by Crippen LogP contribution is -2.35. The number of rotatable bonds is 5. The van der Waals surface area contributed by atoms with Crippen molar-refractivity contribution in [1.82, 2.24) is 4.90 Å². The van der Waals surface area contributed by atoms with Crippen molar-refractivity contribution in [3.05, 3.63) is 23.8 Å². The van der Waals surface area contributed by atoms with Crippen LogP contribution in [0.4, 0.5) is 0 Å². The van der Waals surface area contributed by atoms with Crippen molar-refractivity contribution < 1.29 is 14.3 Å². The second kappa shape index (κ2) is 5.40. The molecule has 0 spiro atoms. The Morgan fingerprint density at radius 1 is 1.33 bits per heavy atom. The number of fused-ring (bicyclic) bond motifs is 1. The number of ether oxygens (including phenoxy) is 2. The van der Waals surface area contributed by atoms with Crippen molar-refractivity contribution in [2.24, 2.45) is 0 Å². The van der Waals surface area contributed by atoms with E-state index in [0.717, 1.165) is 6.54 Å². The molecule has 4 nitrogen and oxygen atoms in total. The summed E-state index contributed by atoms with van der Waals surface area (Å²) in [5.41, 5.74) is 0.679. The minimum absolute atomic E-state index is 0.115. The van der Waals surface area contributed by atoms with E-state index in [4.69, 9.17) is 9.47 Å². The first-order chi connectivity index (χ1) is 8.61. The van der Waals surface area contributed by atoms with Gasteiger partial charge < -0.3 is 9.47 Å². The predicted molar refractivity (Wildman–Crippen MR) is 69.3 cm³/mol. The predicted octanol–water partition coefficient (Wildman–Crippen LogP) is 2.33. The molecule has 0 aromatic heterocycles. The Morgan fingerprint density at radius 3 is 2.72 bits per heavy atom. The highest BCUT2D eigenvalue weighted by molar-refractivity contribution is 5.98. The van der Waals surface area contributed by atoms with Crippen LogP contribution >= 0.6 is 0 Å². The van der Waals surface area contributed by atoms with Crippen molar-refractivity contribution in [3.8, 4) is 11.5 Å². The van der Waals surface area contributed by atoms with Gasteiger partial charge in [-0.3, -0.25) is 9.69 Å². The molecule has 0 radical (unpaired) electrons. The Kier molecular flexibility index (Phi) is 3.87. The maximum absolute atomic E-state index is 12.2. The minimum Gasteiger partial charge on any atom is -0.454 e. The smallest absolute Gasteiger partial charge is 0.231 e. The summed E-state index contributed by atoms with van der Waals surface area (Å²) in [4.78, 5) is 14.3. The zero-order chi connectivity index (χ0) is 13.1. The first kappa shape index (κ1) is 12.9. The SMILES string of the molecule is CCN(CC(=O)c1ccc2c(c1)OCO2)C(C)C. The summed E-state index contributed by atoms with van der Waals surface area (Å²) < 4.78 is 10.5. The van der Waals surface area contributed by atoms with Crippen LogP contribution in [0.15, 0.2) is 18.2 Å². The highest BCUT2D eigenvalue weighted by Crippen LogP contribution is 2.32. The number of hydrogen-bond acceptors (Lipinski definition) is 4. The average Bonchev–Trinajstić information content (AvgIpc) is 2.82. The third kappa shape index (κ3) is 2.64. The summed E-state index contributed by atoms with van der Waals surface area (Å²) in [6, 6.07) is 5.72. The van der Waals surface area contributed by atoms with Crippen LogP contribution in [0.3, 0.4) is 0 Å². The molecule has 0 unspecified atom stereocenters. The second-order valence-corrected chi connectivity index (χ2v) is 4.65. The molecule has 18 heavy (non-hydrogen) atoms. The molecule has 1 aliphatic rings. The molecule has 1 aromatic carbocycles. The number of ketones is 1. The van der Waals surface area contributed by atoms with Gasteiger partial charge in [0.2, 0.25) is 6.79 Å². The van der Waals surface area contributed by atoms with Gasteiger partial charge in [-0.2, -0.15) is 0 Å². The van der Waals surface area contributed by atoms with Crippen LogP contribution in [0.2, 0.25) is 0 Å². The zero-order valence-corrected chi connectivity index (χ0v) is 11.1. The Morgan fingerprint density at radius 2 is 2.06 bits per heavy atom. The number of carbonyl (C=O) groups excluding carboxylic acids is 1. The van der Waals surface area contributed by atoms with Gasteiger partial charge in [0.05, 0.1) is 6.54 Å². The molecule has 0 N–H and O–H groups in total. The molecular formula is C14H19NO3. The fraction of sp³-hybridized carbons (Fsp3) is 0.500. The Balaban J connectivity index is 2.09. The molecule has 0 saturated carbocycles. The molecule has 0 atom stereocenters. The van der Waals surface area contributed by atoms with E-state index in [0.29, 0.717) is 29.6 Å². The first-order valence-electron chi connectivity index (χ1n) is 6.28. The Hall–Kier alpha value is -1.55. The minimum atomic E-state index is 0.115. The molecule has 0 aliphatic carbocycles. The van der Waals surface area contributed by atoms with Gasteiger partial charge in [-0.1, -0.05) is 6.92 Å². The summed E-state index contributed by atoms with van der Waals surface area (Å²) in [6.45, 7) is 7.79. The fourth-order valence-corrected chi connectivity index (χ4v) is 2.01. The van der Waals surface area contributed by atoms with Gasteiger partial charge in [-0.25, -0.2) is 0 Å². The lowest BCUT2D eigenvalue weighted by Gasteiger charge is -2.23. The maximum Gasteiger partial charge on any atom is 0.231 e. The highest BCUT2D eigenvalue weighted by Gasteiger charge is 2.18. The third-order valence-corrected chi connectivity index (χ3v) is 3.18. The van der Waals surface area contributed by atoms with Crippen molar-refractivity contribution in [1.29, 1.82) is 0 Å². The number of hydrogen-bond donors (Lipinski definition) is 0. The zero-order valence-electron chi connectivity index (χ0n) is 11.1. The number of nitrogens with zero attached hydrogens (tertiary/aromatic N) is 1. The number of benzene rings is 1. The van der Waals surface area contributed by atoms with Gasteiger partial charge in [-0.15, -0.1) is 0 Å². The average molecular weight is 249 g/mol. The van der Waals surface area contributed by atoms with Crippen molar-refractivity contribution >= 4 is 5.78 Å². The molecule has 1 heterocycles. The summed E-state index contributed by atoms with van der Waals surface area (Å²) in [6.07, 6.45) is 0. The van der Waals surface area contributed by atoms with E-state index >= 15 is 0 Å². The molecule has 0 amide bonds. The van der Waals surface area contributed by atoms with Crippen LogP contribution in [0.25, 0.3) is 0 Å². The van der Waals surface area contributed by atoms with Gasteiger partial charge in [0.25, 0.3) is 0 Å². The molecular weight excluding hydrogens is 230 g/mol. The van der Waals surface area contributed by atoms with E-state index in [1.165, 1.54) is 0 Å². The summed E-state index contributed by atoms with van der Waals surface area (Å²) in [7, 11) is 0. The van der Waals surface area contributed by atoms with Crippen molar-refractivity contribution in [2.75, 3.05) is 19.9 Å². The molecule has 1 aliphatic heterocycles. The lowest BCUT2D eigenvalue weighted by molar-refractivity contribution is 0.0911. The van der Waals surface area contributed by atoms with Gasteiger partial charge in [0.15, 0.2) is 17.3 Å². The fourth-order valence-electron chi connectivity index (χ4n) is 2.01. The normalized spacial score (nSPS) is 13.4. The molecule has 0 bridgehead atoms. The van der Waals surface area contributed by atoms with Crippen LogP contribution in [-0.2, 0) is 0 Å². The van der Waals surface area contributed by atoms with Crippen LogP contribution < -0.4 is 9.47 Å². The van der Waals surface area contributed by atoms with Gasteiger partial charge >= 0.3 is 0 Å². The topological polar surface area (TPSA) is 38.8 Å². The Labute approximate surface area is 107 Å². The molecule has 0 fully saturated rings. The van der Waals surface area contributed by atoms with Gasteiger partial charge in [0.1, 0.15) is 0 Å². The first-order valence-corrected chi connectivity index (χ1v) is 6.28. The van der Waals surface area contributed by atoms with E-state index in [-0.39, 0.29) is 12.6 Å². The van der Waals surface area contributed by atoms with E-state index in [2.05, 4.69) is 25.7 Å². The molecule has 4 heteroatoms. The summed E-state index contributed by atoms with van der Waals surface area (Å²) >= 11 is 0. The molecule has 1 aromatic rings. The van der Waals surface area contributed by atoms with Crippen LogP contribution in [0.1, 0.15) is 31.1 Å². The lowest BCUT2D eigenvalue weighted by atomic mass is 10.1. The van der Waals surface area contributed by atoms with Crippen LogP contribution in [-0.4, -0.2) is 36.6 Å². The van der Waals surface area contributed by atoms with E-state index in [9.17, 15) is 4.79 Å². The summed E-state index contributed by atoms with van der Waals surface area (Å²) in [5, 5.41) is 0. The highest BCUT2D eigenvalue weighted by atomic mass is 16.7. The number of carbonyl (C=O) groups is 1.